The number of carboxylic acid groups (broad SMARTS) is 2. The number of amides is 1. The average Bonchev–Trinajstić information content (AvgIpc) is 2.65. The third-order valence-corrected chi connectivity index (χ3v) is 4.97. The Morgan fingerprint density at radius 1 is 0.871 bits per heavy atom. The molecule has 2 aromatic rings. The number of hydrogen-bond donors (Lipinski definition) is 4. The molecule has 31 heavy (non-hydrogen) atoms. The predicted octanol–water partition coefficient (Wildman–Crippen LogP) is 0.233. The van der Waals surface area contributed by atoms with Crippen LogP contribution in [0.2, 0.25) is 0 Å². The van der Waals surface area contributed by atoms with Crippen molar-refractivity contribution in [3.8, 4) is 0 Å². The van der Waals surface area contributed by atoms with Crippen LogP contribution in [0.3, 0.4) is 0 Å². The van der Waals surface area contributed by atoms with Crippen molar-refractivity contribution >= 4 is 27.9 Å². The number of nitrogens with zero attached hydrogens (tertiary/aromatic N) is 1. The second-order valence-electron chi connectivity index (χ2n) is 6.50. The maximum Gasteiger partial charge on any atom is 0.317 e. The largest absolute Gasteiger partial charge is 0.480 e. The number of rotatable bonds is 10. The second-order valence-corrected chi connectivity index (χ2v) is 8.06. The molecule has 171 valence electrons. The van der Waals surface area contributed by atoms with Crippen molar-refractivity contribution in [2.45, 2.75) is 18.0 Å². The quantitative estimate of drug-likeness (QED) is 0.338. The number of carbonyl (C=O) groups is 3. The van der Waals surface area contributed by atoms with Gasteiger partial charge in [-0.3, -0.25) is 19.3 Å². The standard InChI is InChI=1S/C19H21N3O7S.Cu/c20-30(28,29)16-7-3-13(4-8-16)9-21-19(27)15-5-1-14(2-6-15)10-22(11-17(23)24)12-18(25)26;/h1-8H,9-12H2,(H,21,27)(H,23,24)(H,25,26)(H2,20,28,29);. The van der Waals surface area contributed by atoms with E-state index in [0.717, 1.165) is 0 Å². The average molecular weight is 499 g/mol. The van der Waals surface area contributed by atoms with E-state index in [0.29, 0.717) is 16.7 Å². The van der Waals surface area contributed by atoms with Crippen LogP contribution >= 0.6 is 0 Å². The van der Waals surface area contributed by atoms with Gasteiger partial charge in [-0.2, -0.15) is 0 Å². The minimum atomic E-state index is -3.78. The summed E-state index contributed by atoms with van der Waals surface area (Å²) in [5.41, 5.74) is 1.71. The topological polar surface area (TPSA) is 167 Å². The van der Waals surface area contributed by atoms with Crippen molar-refractivity contribution in [3.05, 3.63) is 65.2 Å². The van der Waals surface area contributed by atoms with Crippen molar-refractivity contribution in [2.75, 3.05) is 13.1 Å². The molecule has 1 amide bonds. The molecule has 0 heterocycles. The summed E-state index contributed by atoms with van der Waals surface area (Å²) in [6, 6.07) is 12.1. The maximum absolute atomic E-state index is 12.3. The van der Waals surface area contributed by atoms with Crippen LogP contribution in [-0.4, -0.2) is 54.5 Å². The van der Waals surface area contributed by atoms with E-state index in [9.17, 15) is 22.8 Å². The number of carboxylic acids is 2. The number of benzene rings is 2. The number of nitrogens with one attached hydrogen (secondary N) is 1. The Labute approximate surface area is 189 Å². The van der Waals surface area contributed by atoms with Crippen LogP contribution in [0, 0.1) is 0 Å². The number of primary sulfonamides is 1. The van der Waals surface area contributed by atoms with Gasteiger partial charge in [-0.1, -0.05) is 24.3 Å². The number of aliphatic carboxylic acids is 2. The predicted molar refractivity (Wildman–Crippen MR) is 106 cm³/mol. The molecule has 0 aliphatic heterocycles. The Kier molecular flexibility index (Phi) is 9.82. The molecule has 0 fully saturated rings. The van der Waals surface area contributed by atoms with Crippen LogP contribution in [-0.2, 0) is 49.8 Å². The van der Waals surface area contributed by atoms with Gasteiger partial charge in [-0.05, 0) is 35.4 Å². The van der Waals surface area contributed by atoms with E-state index in [1.807, 2.05) is 0 Å². The summed E-state index contributed by atoms with van der Waals surface area (Å²) in [5, 5.41) is 25.5. The van der Waals surface area contributed by atoms with E-state index in [4.69, 9.17) is 15.4 Å². The summed E-state index contributed by atoms with van der Waals surface area (Å²) in [5.74, 6) is -2.63. The van der Waals surface area contributed by atoms with Crippen LogP contribution in [0.5, 0.6) is 0 Å². The van der Waals surface area contributed by atoms with E-state index in [-0.39, 0.29) is 41.0 Å². The van der Waals surface area contributed by atoms with E-state index in [2.05, 4.69) is 5.32 Å². The zero-order chi connectivity index (χ0) is 22.3. The fourth-order valence-corrected chi connectivity index (χ4v) is 3.17. The van der Waals surface area contributed by atoms with Gasteiger partial charge in [0.25, 0.3) is 5.91 Å². The first-order chi connectivity index (χ1) is 14.0. The van der Waals surface area contributed by atoms with Crippen LogP contribution in [0.15, 0.2) is 53.4 Å². The molecule has 0 unspecified atom stereocenters. The molecule has 0 atom stereocenters. The molecule has 5 N–H and O–H groups in total. The van der Waals surface area contributed by atoms with Gasteiger partial charge >= 0.3 is 11.9 Å². The molecule has 0 bridgehead atoms. The van der Waals surface area contributed by atoms with E-state index >= 15 is 0 Å². The molecule has 0 saturated heterocycles. The van der Waals surface area contributed by atoms with Gasteiger partial charge in [-0.15, -0.1) is 0 Å². The maximum atomic E-state index is 12.3. The fraction of sp³-hybridized carbons (Fsp3) is 0.211. The van der Waals surface area contributed by atoms with Gasteiger partial charge in [-0.25, -0.2) is 13.6 Å². The summed E-state index contributed by atoms with van der Waals surface area (Å²) in [6.45, 7) is -0.551. The first kappa shape index (κ1) is 26.3. The van der Waals surface area contributed by atoms with Gasteiger partial charge < -0.3 is 15.5 Å². The second kappa shape index (κ2) is 11.6. The number of sulfonamides is 1. The van der Waals surface area contributed by atoms with Gasteiger partial charge in [0.15, 0.2) is 0 Å². The Morgan fingerprint density at radius 2 is 1.35 bits per heavy atom. The van der Waals surface area contributed by atoms with Crippen molar-refractivity contribution in [1.82, 2.24) is 10.2 Å². The smallest absolute Gasteiger partial charge is 0.317 e. The third kappa shape index (κ3) is 8.87. The Bertz CT molecular complexity index is 1010. The Hall–Kier alpha value is -2.76. The van der Waals surface area contributed by atoms with Gasteiger partial charge in [0.05, 0.1) is 18.0 Å². The summed E-state index contributed by atoms with van der Waals surface area (Å²) >= 11 is 0. The summed E-state index contributed by atoms with van der Waals surface area (Å²) < 4.78 is 22.5. The molecule has 12 heteroatoms. The molecule has 1 radical (unpaired) electrons. The molecule has 2 rings (SSSR count). The SMILES string of the molecule is NS(=O)(=O)c1ccc(CNC(=O)c2ccc(CN(CC(=O)O)CC(=O)O)cc2)cc1.[Cu]. The third-order valence-electron chi connectivity index (χ3n) is 4.04. The van der Waals surface area contributed by atoms with E-state index in [1.54, 1.807) is 36.4 Å². The molecule has 0 aromatic heterocycles. The molecule has 0 aliphatic carbocycles. The Morgan fingerprint density at radius 3 is 1.81 bits per heavy atom. The normalized spacial score (nSPS) is 10.9. The van der Waals surface area contributed by atoms with Crippen LogP contribution in [0.25, 0.3) is 0 Å². The van der Waals surface area contributed by atoms with Crippen LogP contribution in [0.4, 0.5) is 0 Å². The van der Waals surface area contributed by atoms with Crippen molar-refractivity contribution in [2.24, 2.45) is 5.14 Å². The van der Waals surface area contributed by atoms with Crippen LogP contribution < -0.4 is 10.5 Å². The first-order valence-electron chi connectivity index (χ1n) is 8.69. The number of hydrogen-bond acceptors (Lipinski definition) is 6. The van der Waals surface area contributed by atoms with Gasteiger partial charge in [0, 0.05) is 35.7 Å². The van der Waals surface area contributed by atoms with Crippen molar-refractivity contribution in [1.29, 1.82) is 0 Å². The molecular weight excluding hydrogens is 478 g/mol. The van der Waals surface area contributed by atoms with Gasteiger partial charge in [0.1, 0.15) is 0 Å². The summed E-state index contributed by atoms with van der Waals surface area (Å²) in [6.07, 6.45) is 0. The number of carbonyl (C=O) groups excluding carboxylic acids is 1. The zero-order valence-corrected chi connectivity index (χ0v) is 17.9. The van der Waals surface area contributed by atoms with Crippen molar-refractivity contribution < 1.29 is 50.1 Å². The van der Waals surface area contributed by atoms with Crippen LogP contribution in [0.1, 0.15) is 21.5 Å². The van der Waals surface area contributed by atoms with E-state index < -0.39 is 35.1 Å². The number of nitrogens with two attached hydrogens (primary N) is 1. The fourth-order valence-electron chi connectivity index (χ4n) is 2.65. The minimum absolute atomic E-state index is 0. The van der Waals surface area contributed by atoms with Crippen molar-refractivity contribution in [3.63, 3.8) is 0 Å². The summed E-state index contributed by atoms with van der Waals surface area (Å²) in [7, 11) is -3.78. The van der Waals surface area contributed by atoms with E-state index in [1.165, 1.54) is 17.0 Å². The zero-order valence-electron chi connectivity index (χ0n) is 16.1. The molecule has 10 nitrogen and oxygen atoms in total. The molecular formula is C19H21CuN3O7S. The molecule has 0 saturated carbocycles. The molecule has 2 aromatic carbocycles. The molecule has 0 spiro atoms. The van der Waals surface area contributed by atoms with Gasteiger partial charge in [0.2, 0.25) is 10.0 Å². The first-order valence-corrected chi connectivity index (χ1v) is 10.2. The Balaban J connectivity index is 0.00000480. The molecule has 0 aliphatic rings. The minimum Gasteiger partial charge on any atom is -0.480 e. The monoisotopic (exact) mass is 498 g/mol. The summed E-state index contributed by atoms with van der Waals surface area (Å²) in [4.78, 5) is 35.2.